The Hall–Kier alpha value is -2.86. The van der Waals surface area contributed by atoms with Gasteiger partial charge in [-0.2, -0.15) is 0 Å². The van der Waals surface area contributed by atoms with Gasteiger partial charge in [-0.05, 0) is 87.7 Å². The third-order valence-electron chi connectivity index (χ3n) is 5.96. The summed E-state index contributed by atoms with van der Waals surface area (Å²) in [7, 11) is 3.55. The van der Waals surface area contributed by atoms with Crippen molar-refractivity contribution in [1.82, 2.24) is 10.2 Å². The zero-order chi connectivity index (χ0) is 23.0. The number of hydrogen-bond donors (Lipinski definition) is 4. The lowest BCUT2D eigenvalue weighted by atomic mass is 9.79. The number of nitrogens with zero attached hydrogens (tertiary/aromatic N) is 1. The van der Waals surface area contributed by atoms with Crippen LogP contribution in [0.1, 0.15) is 46.1 Å². The van der Waals surface area contributed by atoms with Crippen molar-refractivity contribution in [3.05, 3.63) is 48.0 Å². The summed E-state index contributed by atoms with van der Waals surface area (Å²) in [4.78, 5) is 1.99. The average Bonchev–Trinajstić information content (AvgIpc) is 2.67. The molecule has 2 aromatic carbocycles. The van der Waals surface area contributed by atoms with Gasteiger partial charge in [0.25, 0.3) is 0 Å². The second kappa shape index (κ2) is 8.35. The molecule has 1 saturated heterocycles. The first-order valence-corrected chi connectivity index (χ1v) is 10.6. The van der Waals surface area contributed by atoms with Crippen molar-refractivity contribution in [3.8, 4) is 11.5 Å². The fourth-order valence-corrected chi connectivity index (χ4v) is 4.72. The summed E-state index contributed by atoms with van der Waals surface area (Å²) in [5.41, 5.74) is 0.598. The van der Waals surface area contributed by atoms with Crippen LogP contribution in [-0.4, -0.2) is 52.8 Å². The number of methoxy groups -OCH3 is 1. The molecular formula is C25H34N4O2. The summed E-state index contributed by atoms with van der Waals surface area (Å²) in [6, 6.07) is 9.29. The van der Waals surface area contributed by atoms with Crippen LogP contribution in [0.3, 0.4) is 0 Å². The molecule has 0 atom stereocenters. The van der Waals surface area contributed by atoms with Gasteiger partial charge in [0, 0.05) is 29.7 Å². The molecule has 0 unspecified atom stereocenters. The Balaban J connectivity index is 1.76. The van der Waals surface area contributed by atoms with Gasteiger partial charge in [0.1, 0.15) is 17.3 Å². The fourth-order valence-electron chi connectivity index (χ4n) is 4.72. The molecule has 6 heteroatoms. The van der Waals surface area contributed by atoms with Gasteiger partial charge >= 0.3 is 0 Å². The Morgan fingerprint density at radius 2 is 1.71 bits per heavy atom. The second-order valence-corrected chi connectivity index (χ2v) is 9.78. The summed E-state index contributed by atoms with van der Waals surface area (Å²) in [6.45, 7) is 8.79. The molecule has 6 nitrogen and oxygen atoms in total. The molecule has 1 aliphatic rings. The van der Waals surface area contributed by atoms with Crippen LogP contribution in [0.5, 0.6) is 11.5 Å². The number of likely N-dealkylation sites (N-methyl/N-ethyl adjacent to an activating group) is 1. The average molecular weight is 423 g/mol. The zero-order valence-electron chi connectivity index (χ0n) is 19.3. The molecular weight excluding hydrogens is 388 g/mol. The first-order valence-electron chi connectivity index (χ1n) is 10.6. The molecule has 1 heterocycles. The minimum Gasteiger partial charge on any atom is -0.507 e. The molecule has 0 amide bonds. The number of rotatable bonds is 5. The SMILES string of the molecule is COc1ccc2cc(C(=N)/C=C\C(=N)N(C)C3CC(C)(C)NC(C)(C)C3)c(O)cc2c1. The second-order valence-electron chi connectivity index (χ2n) is 9.78. The molecule has 166 valence electrons. The number of fused-ring (bicyclic) bond motifs is 1. The van der Waals surface area contributed by atoms with Crippen LogP contribution in [0.4, 0.5) is 0 Å². The number of ether oxygens (including phenoxy) is 1. The van der Waals surface area contributed by atoms with Gasteiger partial charge in [0.15, 0.2) is 0 Å². The topological polar surface area (TPSA) is 92.4 Å². The van der Waals surface area contributed by atoms with E-state index < -0.39 is 0 Å². The first kappa shape index (κ1) is 22.8. The number of hydrogen-bond acceptors (Lipinski definition) is 5. The van der Waals surface area contributed by atoms with Gasteiger partial charge in [-0.25, -0.2) is 0 Å². The van der Waals surface area contributed by atoms with Crippen molar-refractivity contribution in [2.75, 3.05) is 14.2 Å². The molecule has 1 aliphatic heterocycles. The number of allylic oxidation sites excluding steroid dienone is 1. The van der Waals surface area contributed by atoms with Crippen molar-refractivity contribution < 1.29 is 9.84 Å². The molecule has 0 radical (unpaired) electrons. The third kappa shape index (κ3) is 5.25. The van der Waals surface area contributed by atoms with Gasteiger partial charge in [-0.3, -0.25) is 5.41 Å². The molecule has 4 N–H and O–H groups in total. The van der Waals surface area contributed by atoms with Gasteiger partial charge in [0.2, 0.25) is 0 Å². The number of phenols is 1. The number of aromatic hydroxyl groups is 1. The summed E-state index contributed by atoms with van der Waals surface area (Å²) in [5.74, 6) is 1.11. The maximum atomic E-state index is 10.4. The Bertz CT molecular complexity index is 1020. The molecule has 0 spiro atoms. The highest BCUT2D eigenvalue weighted by Crippen LogP contribution is 2.31. The summed E-state index contributed by atoms with van der Waals surface area (Å²) >= 11 is 0. The maximum absolute atomic E-state index is 10.4. The van der Waals surface area contributed by atoms with Crippen LogP contribution >= 0.6 is 0 Å². The Morgan fingerprint density at radius 3 is 2.32 bits per heavy atom. The van der Waals surface area contributed by atoms with Crippen LogP contribution < -0.4 is 10.1 Å². The summed E-state index contributed by atoms with van der Waals surface area (Å²) in [5, 5.41) is 32.8. The molecule has 0 aromatic heterocycles. The highest BCUT2D eigenvalue weighted by Gasteiger charge is 2.39. The highest BCUT2D eigenvalue weighted by atomic mass is 16.5. The Morgan fingerprint density at radius 1 is 1.06 bits per heavy atom. The smallest absolute Gasteiger partial charge is 0.125 e. The normalized spacial score (nSPS) is 18.3. The van der Waals surface area contributed by atoms with Crippen molar-refractivity contribution in [3.63, 3.8) is 0 Å². The van der Waals surface area contributed by atoms with E-state index in [4.69, 9.17) is 15.6 Å². The van der Waals surface area contributed by atoms with Gasteiger partial charge in [-0.15, -0.1) is 0 Å². The lowest BCUT2D eigenvalue weighted by molar-refractivity contribution is 0.114. The van der Waals surface area contributed by atoms with E-state index in [9.17, 15) is 5.11 Å². The number of phenolic OH excluding ortho intramolecular Hbond substituents is 1. The Labute approximate surface area is 184 Å². The zero-order valence-corrected chi connectivity index (χ0v) is 19.3. The van der Waals surface area contributed by atoms with Crippen LogP contribution in [0, 0.1) is 10.8 Å². The number of piperidine rings is 1. The molecule has 0 bridgehead atoms. The van der Waals surface area contributed by atoms with Crippen molar-refractivity contribution in [2.45, 2.75) is 57.7 Å². The van der Waals surface area contributed by atoms with E-state index in [1.54, 1.807) is 31.4 Å². The van der Waals surface area contributed by atoms with E-state index in [0.29, 0.717) is 11.4 Å². The minimum absolute atomic E-state index is 0.00303. The lowest BCUT2D eigenvalue weighted by Gasteiger charge is -2.49. The predicted octanol–water partition coefficient (Wildman–Crippen LogP) is 4.70. The number of benzene rings is 2. The van der Waals surface area contributed by atoms with E-state index in [-0.39, 0.29) is 28.6 Å². The van der Waals surface area contributed by atoms with Crippen molar-refractivity contribution >= 4 is 22.3 Å². The maximum Gasteiger partial charge on any atom is 0.125 e. The van der Waals surface area contributed by atoms with E-state index in [2.05, 4.69) is 33.0 Å². The molecule has 0 saturated carbocycles. The standard InChI is InChI=1S/C25H34N4O2/c1-24(2)14-18(15-25(3,4)28-24)29(5)23(27)10-9-21(26)20-12-16-7-8-19(31-6)11-17(16)13-22(20)30/h7-13,18,26-28,30H,14-15H2,1-6H3/b10-9-,26-21?,27-23?. The van der Waals surface area contributed by atoms with Gasteiger partial charge < -0.3 is 25.5 Å². The highest BCUT2D eigenvalue weighted by molar-refractivity contribution is 6.12. The predicted molar refractivity (Wildman–Crippen MR) is 128 cm³/mol. The van der Waals surface area contributed by atoms with Gasteiger partial charge in [-0.1, -0.05) is 6.07 Å². The minimum atomic E-state index is -0.00303. The fraction of sp³-hybridized carbons (Fsp3) is 0.440. The van der Waals surface area contributed by atoms with Crippen LogP contribution in [0.25, 0.3) is 10.8 Å². The lowest BCUT2D eigenvalue weighted by Crippen LogP contribution is -2.62. The number of amidine groups is 1. The molecule has 1 fully saturated rings. The quantitative estimate of drug-likeness (QED) is 0.415. The number of nitrogens with one attached hydrogen (secondary N) is 3. The van der Waals surface area contributed by atoms with Gasteiger partial charge in [0.05, 0.1) is 12.8 Å². The van der Waals surface area contributed by atoms with E-state index in [1.807, 2.05) is 30.1 Å². The molecule has 31 heavy (non-hydrogen) atoms. The molecule has 0 aliphatic carbocycles. The summed E-state index contributed by atoms with van der Waals surface area (Å²) < 4.78 is 5.24. The van der Waals surface area contributed by atoms with E-state index in [1.165, 1.54) is 0 Å². The first-order chi connectivity index (χ1) is 14.4. The molecule has 2 aromatic rings. The van der Waals surface area contributed by atoms with Crippen molar-refractivity contribution in [1.29, 1.82) is 10.8 Å². The summed E-state index contributed by atoms with van der Waals surface area (Å²) in [6.07, 6.45) is 5.10. The third-order valence-corrected chi connectivity index (χ3v) is 5.96. The molecule has 3 rings (SSSR count). The van der Waals surface area contributed by atoms with Crippen LogP contribution in [0.15, 0.2) is 42.5 Å². The monoisotopic (exact) mass is 422 g/mol. The Kier molecular flexibility index (Phi) is 6.14. The van der Waals surface area contributed by atoms with Crippen LogP contribution in [-0.2, 0) is 0 Å². The van der Waals surface area contributed by atoms with Crippen LogP contribution in [0.2, 0.25) is 0 Å². The van der Waals surface area contributed by atoms with Crippen molar-refractivity contribution in [2.24, 2.45) is 0 Å². The largest absolute Gasteiger partial charge is 0.507 e. The van der Waals surface area contributed by atoms with E-state index >= 15 is 0 Å². The van der Waals surface area contributed by atoms with E-state index in [0.717, 1.165) is 29.4 Å².